The van der Waals surface area contributed by atoms with Gasteiger partial charge >= 0.3 is 5.97 Å². The van der Waals surface area contributed by atoms with Crippen molar-refractivity contribution >= 4 is 17.5 Å². The first-order valence-corrected chi connectivity index (χ1v) is 9.65. The van der Waals surface area contributed by atoms with Gasteiger partial charge < -0.3 is 24.1 Å². The standard InChI is InChI=1S/C21H24O9/c1-6-9(2)18(25)30-21(5)16(24)13-10(3)14-15(12(23)7-11(8-22)28-14)29-17(13)20(4,27)19(21)26/h7,9-10,22,27H,6,8H2,1-5H3/t9-,10-,20-,21-/m1/s1. The molecule has 1 aliphatic carbocycles. The van der Waals surface area contributed by atoms with Gasteiger partial charge in [-0.3, -0.25) is 19.2 Å². The summed E-state index contributed by atoms with van der Waals surface area (Å²) >= 11 is 0. The van der Waals surface area contributed by atoms with E-state index in [0.29, 0.717) is 6.42 Å². The molecule has 2 heterocycles. The van der Waals surface area contributed by atoms with E-state index in [1.165, 1.54) is 6.92 Å². The first-order valence-electron chi connectivity index (χ1n) is 9.65. The Morgan fingerprint density at radius 1 is 1.30 bits per heavy atom. The Hall–Kier alpha value is -2.78. The molecule has 0 saturated heterocycles. The molecule has 0 unspecified atom stereocenters. The van der Waals surface area contributed by atoms with Crippen LogP contribution in [0.1, 0.15) is 58.5 Å². The third-order valence-electron chi connectivity index (χ3n) is 5.73. The molecule has 0 spiro atoms. The summed E-state index contributed by atoms with van der Waals surface area (Å²) in [6.45, 7) is 6.59. The quantitative estimate of drug-likeness (QED) is 0.542. The summed E-state index contributed by atoms with van der Waals surface area (Å²) in [6.07, 6.45) is 0.434. The molecule has 0 radical (unpaired) electrons. The number of aliphatic hydroxyl groups is 2. The largest absolute Gasteiger partial charge is 0.459 e. The van der Waals surface area contributed by atoms with Gasteiger partial charge in [0.05, 0.1) is 17.4 Å². The number of hydrogen-bond acceptors (Lipinski definition) is 9. The molecule has 2 aliphatic rings. The van der Waals surface area contributed by atoms with Crippen molar-refractivity contribution < 1.29 is 38.5 Å². The molecule has 4 atom stereocenters. The fraction of sp³-hybridized carbons (Fsp3) is 0.524. The molecule has 3 rings (SSSR count). The van der Waals surface area contributed by atoms with Crippen molar-refractivity contribution in [2.24, 2.45) is 5.92 Å². The molecule has 0 aromatic carbocycles. The van der Waals surface area contributed by atoms with Crippen LogP contribution in [0, 0.1) is 5.92 Å². The van der Waals surface area contributed by atoms with E-state index in [1.807, 2.05) is 0 Å². The van der Waals surface area contributed by atoms with E-state index in [9.17, 15) is 29.4 Å². The van der Waals surface area contributed by atoms with Crippen LogP contribution in [0.15, 0.2) is 26.6 Å². The monoisotopic (exact) mass is 420 g/mol. The second-order valence-electron chi connectivity index (χ2n) is 7.99. The molecular weight excluding hydrogens is 396 g/mol. The smallest absolute Gasteiger partial charge is 0.310 e. The molecule has 9 heteroatoms. The van der Waals surface area contributed by atoms with E-state index in [2.05, 4.69) is 0 Å². The molecule has 1 aliphatic heterocycles. The van der Waals surface area contributed by atoms with Crippen LogP contribution >= 0.6 is 0 Å². The lowest BCUT2D eigenvalue weighted by Crippen LogP contribution is -2.63. The lowest BCUT2D eigenvalue weighted by molar-refractivity contribution is -0.181. The Labute approximate surface area is 172 Å². The van der Waals surface area contributed by atoms with Crippen molar-refractivity contribution in [1.29, 1.82) is 0 Å². The van der Waals surface area contributed by atoms with Crippen LogP contribution in [-0.4, -0.2) is 39.0 Å². The summed E-state index contributed by atoms with van der Waals surface area (Å²) in [5.41, 5.74) is -5.37. The maximum Gasteiger partial charge on any atom is 0.310 e. The van der Waals surface area contributed by atoms with Crippen molar-refractivity contribution in [1.82, 2.24) is 0 Å². The van der Waals surface area contributed by atoms with Crippen LogP contribution in [0.25, 0.3) is 0 Å². The third-order valence-corrected chi connectivity index (χ3v) is 5.73. The lowest BCUT2D eigenvalue weighted by atomic mass is 9.70. The molecule has 162 valence electrons. The van der Waals surface area contributed by atoms with Gasteiger partial charge in [-0.1, -0.05) is 20.8 Å². The second-order valence-corrected chi connectivity index (χ2v) is 7.99. The highest BCUT2D eigenvalue weighted by molar-refractivity contribution is 6.24. The summed E-state index contributed by atoms with van der Waals surface area (Å²) in [5, 5.41) is 20.3. The zero-order valence-corrected chi connectivity index (χ0v) is 17.4. The maximum absolute atomic E-state index is 13.4. The first-order chi connectivity index (χ1) is 13.9. The topological polar surface area (TPSA) is 140 Å². The summed E-state index contributed by atoms with van der Waals surface area (Å²) < 4.78 is 16.3. The zero-order chi connectivity index (χ0) is 22.6. The van der Waals surface area contributed by atoms with E-state index < -0.39 is 58.4 Å². The predicted octanol–water partition coefficient (Wildman–Crippen LogP) is 1.13. The Morgan fingerprint density at radius 3 is 2.50 bits per heavy atom. The average molecular weight is 420 g/mol. The van der Waals surface area contributed by atoms with Gasteiger partial charge in [0.2, 0.25) is 28.3 Å². The summed E-state index contributed by atoms with van der Waals surface area (Å²) in [7, 11) is 0. The molecule has 9 nitrogen and oxygen atoms in total. The van der Waals surface area contributed by atoms with Gasteiger partial charge in [-0.25, -0.2) is 0 Å². The highest BCUT2D eigenvalue weighted by Crippen LogP contribution is 2.47. The molecule has 1 aromatic rings. The van der Waals surface area contributed by atoms with Gasteiger partial charge in [-0.2, -0.15) is 0 Å². The molecule has 0 fully saturated rings. The Balaban J connectivity index is 2.17. The Kier molecular flexibility index (Phi) is 5.24. The van der Waals surface area contributed by atoms with Gasteiger partial charge in [-0.15, -0.1) is 0 Å². The molecule has 0 bridgehead atoms. The van der Waals surface area contributed by atoms with E-state index in [0.717, 1.165) is 19.9 Å². The fourth-order valence-corrected chi connectivity index (χ4v) is 3.65. The Bertz CT molecular complexity index is 1030. The number of Topliss-reactive ketones (excluding diaryl/α,β-unsaturated/α-hetero) is 2. The predicted molar refractivity (Wildman–Crippen MR) is 102 cm³/mol. The Morgan fingerprint density at radius 2 is 1.93 bits per heavy atom. The minimum absolute atomic E-state index is 0.0283. The minimum atomic E-state index is -2.33. The van der Waals surface area contributed by atoms with E-state index in [-0.39, 0.29) is 22.8 Å². The number of ether oxygens (including phenoxy) is 2. The van der Waals surface area contributed by atoms with Gasteiger partial charge in [0, 0.05) is 6.07 Å². The van der Waals surface area contributed by atoms with Gasteiger partial charge in [-0.05, 0) is 20.3 Å². The summed E-state index contributed by atoms with van der Waals surface area (Å²) in [4.78, 5) is 51.2. The third kappa shape index (κ3) is 3.00. The van der Waals surface area contributed by atoms with E-state index in [1.54, 1.807) is 13.8 Å². The van der Waals surface area contributed by atoms with Crippen LogP contribution in [0.4, 0.5) is 0 Å². The van der Waals surface area contributed by atoms with Gasteiger partial charge in [0.15, 0.2) is 17.1 Å². The van der Waals surface area contributed by atoms with Crippen molar-refractivity contribution in [2.45, 2.75) is 64.8 Å². The highest BCUT2D eigenvalue weighted by Gasteiger charge is 2.63. The van der Waals surface area contributed by atoms with E-state index >= 15 is 0 Å². The van der Waals surface area contributed by atoms with E-state index in [4.69, 9.17) is 13.9 Å². The normalized spacial score (nSPS) is 29.1. The highest BCUT2D eigenvalue weighted by atomic mass is 16.6. The number of carbonyl (C=O) groups excluding carboxylic acids is 3. The van der Waals surface area contributed by atoms with Crippen LogP contribution in [0.3, 0.4) is 0 Å². The van der Waals surface area contributed by atoms with Crippen molar-refractivity contribution in [3.05, 3.63) is 39.1 Å². The lowest BCUT2D eigenvalue weighted by Gasteiger charge is -2.43. The van der Waals surface area contributed by atoms with Crippen LogP contribution < -0.4 is 10.2 Å². The molecule has 30 heavy (non-hydrogen) atoms. The maximum atomic E-state index is 13.4. The minimum Gasteiger partial charge on any atom is -0.459 e. The van der Waals surface area contributed by atoms with Crippen LogP contribution in [0.2, 0.25) is 0 Å². The van der Waals surface area contributed by atoms with Crippen molar-refractivity contribution in [3.63, 3.8) is 0 Å². The number of rotatable bonds is 4. The van der Waals surface area contributed by atoms with Crippen LogP contribution in [-0.2, 0) is 25.7 Å². The number of hydrogen-bond donors (Lipinski definition) is 2. The zero-order valence-electron chi connectivity index (χ0n) is 17.4. The average Bonchev–Trinajstić information content (AvgIpc) is 2.70. The van der Waals surface area contributed by atoms with Crippen molar-refractivity contribution in [2.75, 3.05) is 0 Å². The first kappa shape index (κ1) is 21.9. The number of carbonyl (C=O) groups is 3. The molecular formula is C21H24O9. The number of esters is 1. The number of fused-ring (bicyclic) bond motifs is 1. The molecule has 0 saturated carbocycles. The second kappa shape index (κ2) is 7.17. The van der Waals surface area contributed by atoms with Crippen molar-refractivity contribution in [3.8, 4) is 5.75 Å². The fourth-order valence-electron chi connectivity index (χ4n) is 3.65. The van der Waals surface area contributed by atoms with Gasteiger partial charge in [0.1, 0.15) is 12.4 Å². The number of ketones is 2. The van der Waals surface area contributed by atoms with Gasteiger partial charge in [0.25, 0.3) is 0 Å². The summed E-state index contributed by atoms with van der Waals surface area (Å²) in [5.74, 6) is -4.87. The molecule has 0 amide bonds. The molecule has 1 aromatic heterocycles. The molecule has 2 N–H and O–H groups in total. The van der Waals surface area contributed by atoms with Crippen LogP contribution in [0.5, 0.6) is 5.75 Å². The summed E-state index contributed by atoms with van der Waals surface area (Å²) in [6, 6.07) is 1.02. The number of aliphatic hydroxyl groups excluding tert-OH is 1. The SMILES string of the molecule is CC[C@@H](C)C(=O)O[C@]1(C)C(=O)C2=C(Oc3c(oc(CO)cc3=O)[C@@H]2C)[C@@](C)(O)C1=O.